The zero-order chi connectivity index (χ0) is 11.4. The normalized spacial score (nSPS) is 27.6. The lowest BCUT2D eigenvalue weighted by molar-refractivity contribution is 0.297. The van der Waals surface area contributed by atoms with Crippen LogP contribution >= 0.6 is 0 Å². The average Bonchev–Trinajstić information content (AvgIpc) is 2.23. The maximum absolute atomic E-state index is 11.9. The Bertz CT molecular complexity index is 306. The SMILES string of the molecule is O=S(=O)(NCCC1CCC1)C1CCCNC1. The summed E-state index contributed by atoms with van der Waals surface area (Å²) in [4.78, 5) is 0. The monoisotopic (exact) mass is 246 g/mol. The minimum atomic E-state index is -3.08. The molecule has 4 nitrogen and oxygen atoms in total. The Morgan fingerprint density at radius 3 is 2.56 bits per heavy atom. The van der Waals surface area contributed by atoms with E-state index >= 15 is 0 Å². The highest BCUT2D eigenvalue weighted by molar-refractivity contribution is 7.90. The van der Waals surface area contributed by atoms with Crippen LogP contribution in [-0.2, 0) is 10.0 Å². The summed E-state index contributed by atoms with van der Waals surface area (Å²) in [6.45, 7) is 2.19. The fraction of sp³-hybridized carbons (Fsp3) is 1.00. The van der Waals surface area contributed by atoms with Gasteiger partial charge in [0.05, 0.1) is 5.25 Å². The zero-order valence-corrected chi connectivity index (χ0v) is 10.6. The van der Waals surface area contributed by atoms with Crippen LogP contribution in [0, 0.1) is 5.92 Å². The molecule has 2 N–H and O–H groups in total. The second-order valence-electron chi connectivity index (χ2n) is 4.99. The van der Waals surface area contributed by atoms with Gasteiger partial charge in [-0.1, -0.05) is 19.3 Å². The van der Waals surface area contributed by atoms with Gasteiger partial charge in [-0.3, -0.25) is 0 Å². The molecule has 0 spiro atoms. The van der Waals surface area contributed by atoms with Crippen LogP contribution in [0.15, 0.2) is 0 Å². The van der Waals surface area contributed by atoms with Crippen molar-refractivity contribution >= 4 is 10.0 Å². The fourth-order valence-corrected chi connectivity index (χ4v) is 3.84. The van der Waals surface area contributed by atoms with Crippen molar-refractivity contribution in [2.24, 2.45) is 5.92 Å². The van der Waals surface area contributed by atoms with Gasteiger partial charge in [-0.15, -0.1) is 0 Å². The lowest BCUT2D eigenvalue weighted by Gasteiger charge is -2.26. The Morgan fingerprint density at radius 2 is 2.00 bits per heavy atom. The fourth-order valence-electron chi connectivity index (χ4n) is 2.39. The van der Waals surface area contributed by atoms with E-state index in [1.807, 2.05) is 0 Å². The molecule has 0 aromatic carbocycles. The summed E-state index contributed by atoms with van der Waals surface area (Å²) in [6.07, 6.45) is 6.67. The number of nitrogens with one attached hydrogen (secondary N) is 2. The average molecular weight is 246 g/mol. The van der Waals surface area contributed by atoms with Crippen LogP contribution in [0.2, 0.25) is 0 Å². The molecule has 0 radical (unpaired) electrons. The third-order valence-corrected chi connectivity index (χ3v) is 5.66. The molecule has 1 unspecified atom stereocenters. The molecule has 5 heteroatoms. The van der Waals surface area contributed by atoms with E-state index in [9.17, 15) is 8.42 Å². The van der Waals surface area contributed by atoms with Gasteiger partial charge in [0, 0.05) is 13.1 Å². The van der Waals surface area contributed by atoms with E-state index in [0.29, 0.717) is 13.1 Å². The third-order valence-electron chi connectivity index (χ3n) is 3.77. The lowest BCUT2D eigenvalue weighted by atomic mass is 9.83. The summed E-state index contributed by atoms with van der Waals surface area (Å²) in [5.41, 5.74) is 0. The van der Waals surface area contributed by atoms with E-state index in [0.717, 1.165) is 31.7 Å². The van der Waals surface area contributed by atoms with E-state index < -0.39 is 10.0 Å². The first-order valence-corrected chi connectivity index (χ1v) is 7.92. The van der Waals surface area contributed by atoms with E-state index in [4.69, 9.17) is 0 Å². The van der Waals surface area contributed by atoms with Gasteiger partial charge in [0.1, 0.15) is 0 Å². The molecule has 0 amide bonds. The van der Waals surface area contributed by atoms with Crippen molar-refractivity contribution in [3.05, 3.63) is 0 Å². The molecule has 1 heterocycles. The molecule has 0 aromatic rings. The zero-order valence-electron chi connectivity index (χ0n) is 9.74. The van der Waals surface area contributed by atoms with Crippen LogP contribution in [0.3, 0.4) is 0 Å². The number of piperidine rings is 1. The molecule has 2 aliphatic rings. The standard InChI is InChI=1S/C11H22N2O2S/c14-16(15,11-5-2-7-12-9-11)13-8-6-10-3-1-4-10/h10-13H,1-9H2. The van der Waals surface area contributed by atoms with Crippen LogP contribution < -0.4 is 10.0 Å². The lowest BCUT2D eigenvalue weighted by Crippen LogP contribution is -2.44. The minimum Gasteiger partial charge on any atom is -0.315 e. The topological polar surface area (TPSA) is 58.2 Å². The summed E-state index contributed by atoms with van der Waals surface area (Å²) < 4.78 is 26.6. The van der Waals surface area contributed by atoms with Crippen molar-refractivity contribution < 1.29 is 8.42 Å². The minimum absolute atomic E-state index is 0.220. The number of hydrogen-bond acceptors (Lipinski definition) is 3. The van der Waals surface area contributed by atoms with Gasteiger partial charge >= 0.3 is 0 Å². The van der Waals surface area contributed by atoms with Crippen LogP contribution in [0.5, 0.6) is 0 Å². The molecule has 2 rings (SSSR count). The van der Waals surface area contributed by atoms with Gasteiger partial charge in [0.25, 0.3) is 0 Å². The van der Waals surface area contributed by atoms with Crippen molar-refractivity contribution in [1.82, 2.24) is 10.0 Å². The van der Waals surface area contributed by atoms with Crippen LogP contribution in [0.1, 0.15) is 38.5 Å². The highest BCUT2D eigenvalue weighted by atomic mass is 32.2. The Morgan fingerprint density at radius 1 is 1.19 bits per heavy atom. The van der Waals surface area contributed by atoms with Crippen LogP contribution in [0.25, 0.3) is 0 Å². The number of rotatable bonds is 5. The maximum Gasteiger partial charge on any atom is 0.215 e. The first kappa shape index (κ1) is 12.3. The van der Waals surface area contributed by atoms with Crippen molar-refractivity contribution in [2.75, 3.05) is 19.6 Å². The third kappa shape index (κ3) is 3.18. The number of hydrogen-bond donors (Lipinski definition) is 2. The van der Waals surface area contributed by atoms with Gasteiger partial charge < -0.3 is 5.32 Å². The summed E-state index contributed by atoms with van der Waals surface area (Å²) >= 11 is 0. The molecule has 1 aliphatic heterocycles. The van der Waals surface area contributed by atoms with E-state index in [1.165, 1.54) is 19.3 Å². The quantitative estimate of drug-likeness (QED) is 0.756. The second-order valence-corrected chi connectivity index (χ2v) is 7.04. The first-order chi connectivity index (χ1) is 7.68. The summed E-state index contributed by atoms with van der Waals surface area (Å²) in [5.74, 6) is 0.771. The van der Waals surface area contributed by atoms with Crippen LogP contribution in [-0.4, -0.2) is 33.3 Å². The smallest absolute Gasteiger partial charge is 0.215 e. The largest absolute Gasteiger partial charge is 0.315 e. The molecule has 16 heavy (non-hydrogen) atoms. The van der Waals surface area contributed by atoms with Crippen molar-refractivity contribution in [3.63, 3.8) is 0 Å². The van der Waals surface area contributed by atoms with Crippen molar-refractivity contribution in [3.8, 4) is 0 Å². The van der Waals surface area contributed by atoms with Gasteiger partial charge in [0.15, 0.2) is 0 Å². The van der Waals surface area contributed by atoms with Gasteiger partial charge in [0.2, 0.25) is 10.0 Å². The maximum atomic E-state index is 11.9. The van der Waals surface area contributed by atoms with Gasteiger partial charge in [-0.2, -0.15) is 0 Å². The first-order valence-electron chi connectivity index (χ1n) is 6.38. The Labute approximate surface area is 98.2 Å². The highest BCUT2D eigenvalue weighted by Crippen LogP contribution is 2.28. The molecule has 1 atom stereocenters. The predicted octanol–water partition coefficient (Wildman–Crippen LogP) is 0.848. The predicted molar refractivity (Wildman–Crippen MR) is 64.8 cm³/mol. The number of sulfonamides is 1. The Balaban J connectivity index is 1.72. The summed E-state index contributed by atoms with van der Waals surface area (Å²) in [7, 11) is -3.08. The van der Waals surface area contributed by atoms with E-state index in [-0.39, 0.29) is 5.25 Å². The van der Waals surface area contributed by atoms with Crippen molar-refractivity contribution in [1.29, 1.82) is 0 Å². The Hall–Kier alpha value is -0.130. The van der Waals surface area contributed by atoms with E-state index in [1.54, 1.807) is 0 Å². The van der Waals surface area contributed by atoms with Crippen LogP contribution in [0.4, 0.5) is 0 Å². The summed E-state index contributed by atoms with van der Waals surface area (Å²) in [6, 6.07) is 0. The molecule has 1 saturated heterocycles. The summed E-state index contributed by atoms with van der Waals surface area (Å²) in [5, 5.41) is 2.92. The van der Waals surface area contributed by atoms with Gasteiger partial charge in [-0.05, 0) is 31.7 Å². The molecule has 2 fully saturated rings. The Kier molecular flexibility index (Phi) is 4.21. The van der Waals surface area contributed by atoms with Crippen molar-refractivity contribution in [2.45, 2.75) is 43.8 Å². The highest BCUT2D eigenvalue weighted by Gasteiger charge is 2.27. The molecular weight excluding hydrogens is 224 g/mol. The molecule has 94 valence electrons. The molecule has 1 saturated carbocycles. The molecular formula is C11H22N2O2S. The molecule has 1 aliphatic carbocycles. The molecule has 0 bridgehead atoms. The molecule has 0 aromatic heterocycles. The van der Waals surface area contributed by atoms with Gasteiger partial charge in [-0.25, -0.2) is 13.1 Å². The second kappa shape index (κ2) is 5.47. The van der Waals surface area contributed by atoms with E-state index in [2.05, 4.69) is 10.0 Å².